The van der Waals surface area contributed by atoms with Crippen molar-refractivity contribution >= 4 is 35.0 Å². The number of carbonyl (C=O) groups is 1. The van der Waals surface area contributed by atoms with Gasteiger partial charge in [-0.25, -0.2) is 9.97 Å². The largest absolute Gasteiger partial charge is 0.436 e. The van der Waals surface area contributed by atoms with Gasteiger partial charge in [-0.05, 0) is 67.6 Å². The van der Waals surface area contributed by atoms with Crippen molar-refractivity contribution in [3.8, 4) is 22.9 Å². The van der Waals surface area contributed by atoms with Gasteiger partial charge in [-0.15, -0.1) is 12.4 Å². The van der Waals surface area contributed by atoms with Gasteiger partial charge in [0, 0.05) is 35.5 Å². The van der Waals surface area contributed by atoms with Gasteiger partial charge in [-0.1, -0.05) is 12.1 Å². The maximum Gasteiger partial charge on any atom is 0.263 e. The number of aromatic amines is 1. The number of amides is 1. The highest BCUT2D eigenvalue weighted by Crippen LogP contribution is 2.29. The van der Waals surface area contributed by atoms with E-state index in [1.54, 1.807) is 18.3 Å². The number of carbonyl (C=O) groups excluding carboxylic acids is 1. The minimum Gasteiger partial charge on any atom is -0.436 e. The summed E-state index contributed by atoms with van der Waals surface area (Å²) in [5, 5.41) is 7.48. The zero-order valence-corrected chi connectivity index (χ0v) is 19.4. The predicted octanol–water partition coefficient (Wildman–Crippen LogP) is 4.15. The molecule has 1 saturated heterocycles. The van der Waals surface area contributed by atoms with Crippen LogP contribution in [0.5, 0.6) is 11.6 Å². The van der Waals surface area contributed by atoms with Crippen LogP contribution in [-0.2, 0) is 0 Å². The predicted molar refractivity (Wildman–Crippen MR) is 135 cm³/mol. The molecule has 1 amide bonds. The van der Waals surface area contributed by atoms with Crippen LogP contribution < -0.4 is 21.1 Å². The molecular weight excluding hydrogens is 452 g/mol. The molecule has 0 unspecified atom stereocenters. The molecule has 5 N–H and O–H groups in total. The lowest BCUT2D eigenvalue weighted by atomic mass is 9.98. The molecule has 2 aromatic carbocycles. The Hall–Kier alpha value is -3.62. The number of nitrogens with one attached hydrogen (secondary N) is 3. The van der Waals surface area contributed by atoms with Gasteiger partial charge < -0.3 is 26.1 Å². The Morgan fingerprint density at radius 3 is 2.71 bits per heavy atom. The smallest absolute Gasteiger partial charge is 0.263 e. The van der Waals surface area contributed by atoms with Crippen LogP contribution in [0, 0.1) is 5.92 Å². The van der Waals surface area contributed by atoms with E-state index in [9.17, 15) is 4.79 Å². The minimum absolute atomic E-state index is 0. The fraction of sp³-hybridized carbons (Fsp3) is 0.240. The van der Waals surface area contributed by atoms with Crippen molar-refractivity contribution in [1.29, 1.82) is 0 Å². The van der Waals surface area contributed by atoms with Crippen LogP contribution in [0.3, 0.4) is 0 Å². The molecule has 0 spiro atoms. The Bertz CT molecular complexity index is 1270. The van der Waals surface area contributed by atoms with E-state index in [0.29, 0.717) is 29.5 Å². The number of H-pyrrole nitrogens is 1. The number of rotatable bonds is 6. The Morgan fingerprint density at radius 1 is 1.12 bits per heavy atom. The molecule has 2 aromatic heterocycles. The lowest BCUT2D eigenvalue weighted by Crippen LogP contribution is -2.35. The van der Waals surface area contributed by atoms with Crippen LogP contribution in [0.4, 0.5) is 5.82 Å². The summed E-state index contributed by atoms with van der Waals surface area (Å²) in [5.41, 5.74) is 9.02. The minimum atomic E-state index is -0.0628. The van der Waals surface area contributed by atoms with Gasteiger partial charge in [-0.2, -0.15) is 0 Å². The van der Waals surface area contributed by atoms with Crippen LogP contribution in [0.2, 0.25) is 0 Å². The summed E-state index contributed by atoms with van der Waals surface area (Å²) in [7, 11) is 0. The molecule has 34 heavy (non-hydrogen) atoms. The number of anilines is 1. The van der Waals surface area contributed by atoms with E-state index in [4.69, 9.17) is 10.5 Å². The number of nitrogen functional groups attached to an aromatic ring is 1. The van der Waals surface area contributed by atoms with Gasteiger partial charge in [0.05, 0.1) is 11.9 Å². The Kier molecular flexibility index (Phi) is 7.30. The summed E-state index contributed by atoms with van der Waals surface area (Å²) in [6.45, 7) is 2.74. The first kappa shape index (κ1) is 23.5. The van der Waals surface area contributed by atoms with E-state index in [2.05, 4.69) is 25.6 Å². The third-order valence-corrected chi connectivity index (χ3v) is 5.96. The van der Waals surface area contributed by atoms with Crippen molar-refractivity contribution in [1.82, 2.24) is 25.6 Å². The van der Waals surface area contributed by atoms with Crippen LogP contribution in [0.25, 0.3) is 22.2 Å². The van der Waals surface area contributed by atoms with Gasteiger partial charge in [0.25, 0.3) is 11.8 Å². The van der Waals surface area contributed by atoms with Crippen LogP contribution in [0.1, 0.15) is 23.2 Å². The summed E-state index contributed by atoms with van der Waals surface area (Å²) >= 11 is 0. The third kappa shape index (κ3) is 5.30. The second-order valence-electron chi connectivity index (χ2n) is 8.26. The van der Waals surface area contributed by atoms with Crippen LogP contribution in [-0.4, -0.2) is 40.5 Å². The van der Waals surface area contributed by atoms with Crippen molar-refractivity contribution in [2.45, 2.75) is 12.8 Å². The number of piperidine rings is 1. The number of nitrogens with zero attached hydrogens (tertiary/aromatic N) is 2. The Balaban J connectivity index is 0.00000274. The van der Waals surface area contributed by atoms with Gasteiger partial charge in [-0.3, -0.25) is 4.79 Å². The first-order valence-electron chi connectivity index (χ1n) is 11.1. The van der Waals surface area contributed by atoms with Gasteiger partial charge in [0.15, 0.2) is 5.82 Å². The molecule has 9 heteroatoms. The quantitative estimate of drug-likeness (QED) is 0.330. The second kappa shape index (κ2) is 10.5. The molecule has 0 aliphatic carbocycles. The molecule has 0 radical (unpaired) electrons. The molecule has 0 atom stereocenters. The molecule has 1 aliphatic rings. The molecule has 5 rings (SSSR count). The topological polar surface area (TPSA) is 118 Å². The zero-order chi connectivity index (χ0) is 22.6. The Labute approximate surface area is 203 Å². The average Bonchev–Trinajstić information content (AvgIpc) is 3.33. The molecule has 1 fully saturated rings. The van der Waals surface area contributed by atoms with Crippen LogP contribution >= 0.6 is 12.4 Å². The second-order valence-corrected chi connectivity index (χ2v) is 8.26. The Morgan fingerprint density at radius 2 is 1.91 bits per heavy atom. The molecule has 0 bridgehead atoms. The molecular formula is C25H27ClN6O2. The third-order valence-electron chi connectivity index (χ3n) is 5.96. The number of halogens is 1. The van der Waals surface area contributed by atoms with Gasteiger partial charge in [0.1, 0.15) is 5.75 Å². The number of hydrogen-bond acceptors (Lipinski definition) is 6. The standard InChI is InChI=1S/C25H26N6O2.ClH/c26-23-25(33-20-6-5-18-9-12-28-21(18)13-20)31-22(15-29-23)17-1-3-19(4-2-17)24(32)30-14-16-7-10-27-11-8-16;/h1-6,9,12-13,15-16,27-28H,7-8,10-11,14H2,(H2,26,29)(H,30,32);1H. The van der Waals surface area contributed by atoms with Crippen LogP contribution in [0.15, 0.2) is 60.9 Å². The monoisotopic (exact) mass is 478 g/mol. The highest BCUT2D eigenvalue weighted by atomic mass is 35.5. The summed E-state index contributed by atoms with van der Waals surface area (Å²) in [6.07, 6.45) is 5.67. The molecule has 1 aliphatic heterocycles. The molecule has 4 aromatic rings. The fourth-order valence-electron chi connectivity index (χ4n) is 4.02. The molecule has 8 nitrogen and oxygen atoms in total. The lowest BCUT2D eigenvalue weighted by Gasteiger charge is -2.22. The maximum atomic E-state index is 12.5. The highest BCUT2D eigenvalue weighted by Gasteiger charge is 2.15. The number of ether oxygens (including phenoxy) is 1. The van der Waals surface area contributed by atoms with Gasteiger partial charge >= 0.3 is 0 Å². The number of benzene rings is 2. The average molecular weight is 479 g/mol. The SMILES string of the molecule is Cl.Nc1ncc(-c2ccc(C(=O)NCC3CCNCC3)cc2)nc1Oc1ccc2cc[nH]c2c1. The normalized spacial score (nSPS) is 13.9. The molecule has 176 valence electrons. The summed E-state index contributed by atoms with van der Waals surface area (Å²) in [6, 6.07) is 15.0. The van der Waals surface area contributed by atoms with Crippen molar-refractivity contribution in [3.05, 3.63) is 66.5 Å². The van der Waals surface area contributed by atoms with E-state index in [-0.39, 0.29) is 30.0 Å². The summed E-state index contributed by atoms with van der Waals surface area (Å²) in [4.78, 5) is 24.5. The summed E-state index contributed by atoms with van der Waals surface area (Å²) < 4.78 is 5.91. The number of hydrogen-bond donors (Lipinski definition) is 4. The highest BCUT2D eigenvalue weighted by molar-refractivity contribution is 5.94. The number of aromatic nitrogens is 3. The van der Waals surface area contributed by atoms with Crippen molar-refractivity contribution in [2.75, 3.05) is 25.4 Å². The summed E-state index contributed by atoms with van der Waals surface area (Å²) in [5.74, 6) is 1.54. The van der Waals surface area contributed by atoms with Gasteiger partial charge in [0.2, 0.25) is 0 Å². The number of fused-ring (bicyclic) bond motifs is 1. The van der Waals surface area contributed by atoms with E-state index in [1.165, 1.54) is 0 Å². The first-order chi connectivity index (χ1) is 16.2. The lowest BCUT2D eigenvalue weighted by molar-refractivity contribution is 0.0944. The number of nitrogens with two attached hydrogens (primary N) is 1. The van der Waals surface area contributed by atoms with E-state index < -0.39 is 0 Å². The van der Waals surface area contributed by atoms with Crippen molar-refractivity contribution in [2.24, 2.45) is 5.92 Å². The zero-order valence-electron chi connectivity index (χ0n) is 18.6. The van der Waals surface area contributed by atoms with Crippen molar-refractivity contribution in [3.63, 3.8) is 0 Å². The maximum absolute atomic E-state index is 12.5. The first-order valence-corrected chi connectivity index (χ1v) is 11.1. The van der Waals surface area contributed by atoms with Crippen molar-refractivity contribution < 1.29 is 9.53 Å². The molecule has 3 heterocycles. The fourth-order valence-corrected chi connectivity index (χ4v) is 4.02. The van der Waals surface area contributed by atoms with E-state index in [1.807, 2.05) is 42.6 Å². The molecule has 0 saturated carbocycles. The van der Waals surface area contributed by atoms with E-state index in [0.717, 1.165) is 42.4 Å². The van der Waals surface area contributed by atoms with E-state index >= 15 is 0 Å².